The lowest BCUT2D eigenvalue weighted by molar-refractivity contribution is -0.000898. The number of benzene rings is 2. The van der Waals surface area contributed by atoms with Crippen molar-refractivity contribution in [2.75, 3.05) is 24.5 Å². The Balaban J connectivity index is 1.30. The zero-order chi connectivity index (χ0) is 24.9. The van der Waals surface area contributed by atoms with E-state index in [0.29, 0.717) is 22.3 Å². The van der Waals surface area contributed by atoms with E-state index in [1.165, 1.54) is 12.1 Å². The molecule has 0 radical (unpaired) electrons. The number of carbonyl (C=O) groups is 2. The first-order valence-corrected chi connectivity index (χ1v) is 12.5. The normalized spacial score (nSPS) is 18.1. The molecule has 0 aliphatic carbocycles. The number of anilines is 1. The van der Waals surface area contributed by atoms with Gasteiger partial charge in [0, 0.05) is 55.8 Å². The molecule has 2 saturated heterocycles. The van der Waals surface area contributed by atoms with E-state index in [1.54, 1.807) is 17.0 Å². The lowest BCUT2D eigenvalue weighted by Crippen LogP contribution is -2.46. The second-order valence-corrected chi connectivity index (χ2v) is 10.5. The van der Waals surface area contributed by atoms with Crippen LogP contribution in [0.25, 0.3) is 10.9 Å². The van der Waals surface area contributed by atoms with Crippen LogP contribution >= 0.6 is 23.2 Å². The highest BCUT2D eigenvalue weighted by atomic mass is 35.5. The quantitative estimate of drug-likeness (QED) is 0.436. The molecule has 0 unspecified atom stereocenters. The van der Waals surface area contributed by atoms with Gasteiger partial charge in [0.2, 0.25) is 0 Å². The van der Waals surface area contributed by atoms with Gasteiger partial charge >= 0.3 is 12.1 Å². The van der Waals surface area contributed by atoms with Gasteiger partial charge in [0.15, 0.2) is 0 Å². The van der Waals surface area contributed by atoms with Crippen LogP contribution in [0.3, 0.4) is 0 Å². The molecular weight excluding hydrogens is 489 g/mol. The minimum atomic E-state index is -0.996. The number of piperidine rings is 1. The van der Waals surface area contributed by atoms with Gasteiger partial charge in [-0.15, -0.1) is 0 Å². The van der Waals surface area contributed by atoms with Gasteiger partial charge in [0.1, 0.15) is 5.60 Å². The van der Waals surface area contributed by atoms with E-state index in [0.717, 1.165) is 48.9 Å². The van der Waals surface area contributed by atoms with Gasteiger partial charge in [-0.3, -0.25) is 9.80 Å². The Morgan fingerprint density at radius 1 is 1.09 bits per heavy atom. The summed E-state index contributed by atoms with van der Waals surface area (Å²) in [5, 5.41) is 11.5. The molecule has 5 rings (SSSR count). The van der Waals surface area contributed by atoms with Crippen LogP contribution in [0.4, 0.5) is 10.5 Å². The fourth-order valence-electron chi connectivity index (χ4n) is 5.15. The first kappa shape index (κ1) is 24.0. The number of carboxylic acids is 1. The molecule has 1 spiro atoms. The summed E-state index contributed by atoms with van der Waals surface area (Å²) in [6.07, 6.45) is 3.21. The molecule has 1 aromatic heterocycles. The molecule has 3 aromatic rings. The zero-order valence-electron chi connectivity index (χ0n) is 19.6. The maximum Gasteiger partial charge on any atom is 0.415 e. The number of rotatable bonds is 5. The van der Waals surface area contributed by atoms with E-state index in [4.69, 9.17) is 33.0 Å². The molecule has 2 aromatic carbocycles. The lowest BCUT2D eigenvalue weighted by atomic mass is 9.91. The van der Waals surface area contributed by atoms with Crippen LogP contribution in [-0.4, -0.2) is 51.9 Å². The standard InChI is InChI=1S/C26H27Cl2N3O4/c1-16(2)30-14-18(22-20(27)7-8-21(28)23(22)30)13-29-11-9-26(10-12-29)15-31(25(34)35-26)19-5-3-17(4-6-19)24(32)33/h3-8,14,16H,9-13,15H2,1-2H3,(H,32,33). The molecule has 35 heavy (non-hydrogen) atoms. The fourth-order valence-corrected chi connectivity index (χ4v) is 5.68. The summed E-state index contributed by atoms with van der Waals surface area (Å²) in [5.74, 6) is -0.996. The Morgan fingerprint density at radius 3 is 2.37 bits per heavy atom. The van der Waals surface area contributed by atoms with Crippen LogP contribution < -0.4 is 4.90 Å². The van der Waals surface area contributed by atoms with Crippen LogP contribution in [-0.2, 0) is 11.3 Å². The molecule has 0 bridgehead atoms. The number of carboxylic acid groups (broad SMARTS) is 1. The SMILES string of the molecule is CC(C)n1cc(CN2CCC3(CC2)CN(c2ccc(C(=O)O)cc2)C(=O)O3)c2c(Cl)ccc(Cl)c21. The van der Waals surface area contributed by atoms with Gasteiger partial charge in [-0.05, 0) is 55.8 Å². The second-order valence-electron chi connectivity index (χ2n) is 9.67. The van der Waals surface area contributed by atoms with Crippen molar-refractivity contribution in [1.29, 1.82) is 0 Å². The van der Waals surface area contributed by atoms with Crippen molar-refractivity contribution in [2.24, 2.45) is 0 Å². The van der Waals surface area contributed by atoms with Crippen LogP contribution in [0.5, 0.6) is 0 Å². The third kappa shape index (κ3) is 4.37. The van der Waals surface area contributed by atoms with Crippen LogP contribution in [0, 0.1) is 0 Å². The number of amides is 1. The topological polar surface area (TPSA) is 75.0 Å². The molecule has 2 aliphatic heterocycles. The van der Waals surface area contributed by atoms with E-state index < -0.39 is 11.6 Å². The molecule has 0 atom stereocenters. The largest absolute Gasteiger partial charge is 0.478 e. The summed E-state index contributed by atoms with van der Waals surface area (Å²) in [6.45, 7) is 7.01. The maximum atomic E-state index is 12.7. The number of hydrogen-bond acceptors (Lipinski definition) is 4. The van der Waals surface area contributed by atoms with Crippen molar-refractivity contribution in [3.63, 3.8) is 0 Å². The number of aromatic nitrogens is 1. The Bertz CT molecular complexity index is 1290. The zero-order valence-corrected chi connectivity index (χ0v) is 21.1. The molecule has 184 valence electrons. The fraction of sp³-hybridized carbons (Fsp3) is 0.385. The number of halogens is 2. The first-order valence-electron chi connectivity index (χ1n) is 11.7. The van der Waals surface area contributed by atoms with E-state index in [9.17, 15) is 9.59 Å². The molecule has 2 aliphatic rings. The lowest BCUT2D eigenvalue weighted by Gasteiger charge is -2.37. The third-order valence-corrected chi connectivity index (χ3v) is 7.69. The number of hydrogen-bond donors (Lipinski definition) is 1. The van der Waals surface area contributed by atoms with Gasteiger partial charge in [-0.1, -0.05) is 23.2 Å². The molecule has 7 nitrogen and oxygen atoms in total. The number of likely N-dealkylation sites (tertiary alicyclic amines) is 1. The maximum absolute atomic E-state index is 12.7. The number of carbonyl (C=O) groups excluding carboxylic acids is 1. The third-order valence-electron chi connectivity index (χ3n) is 7.07. The highest BCUT2D eigenvalue weighted by molar-refractivity contribution is 6.40. The van der Waals surface area contributed by atoms with E-state index in [1.807, 2.05) is 12.1 Å². The summed E-state index contributed by atoms with van der Waals surface area (Å²) < 4.78 is 8.05. The summed E-state index contributed by atoms with van der Waals surface area (Å²) in [4.78, 5) is 27.7. The Kier molecular flexibility index (Phi) is 6.20. The van der Waals surface area contributed by atoms with Gasteiger partial charge < -0.3 is 14.4 Å². The van der Waals surface area contributed by atoms with Crippen LogP contribution in [0.1, 0.15) is 48.7 Å². The van der Waals surface area contributed by atoms with Gasteiger partial charge in [0.05, 0.1) is 27.7 Å². The highest BCUT2D eigenvalue weighted by Crippen LogP contribution is 2.39. The molecule has 1 amide bonds. The number of fused-ring (bicyclic) bond motifs is 1. The minimum absolute atomic E-state index is 0.185. The Morgan fingerprint density at radius 2 is 1.74 bits per heavy atom. The summed E-state index contributed by atoms with van der Waals surface area (Å²) in [5.41, 5.74) is 2.40. The highest BCUT2D eigenvalue weighted by Gasteiger charge is 2.47. The van der Waals surface area contributed by atoms with Crippen molar-refractivity contribution in [3.05, 3.63) is 63.8 Å². The monoisotopic (exact) mass is 515 g/mol. The number of aromatic carboxylic acids is 1. The number of nitrogens with zero attached hydrogens (tertiary/aromatic N) is 3. The predicted molar refractivity (Wildman–Crippen MR) is 137 cm³/mol. The van der Waals surface area contributed by atoms with E-state index in [-0.39, 0.29) is 17.7 Å². The summed E-state index contributed by atoms with van der Waals surface area (Å²) in [6, 6.07) is 10.2. The average Bonchev–Trinajstić information content (AvgIpc) is 3.37. The first-order chi connectivity index (χ1) is 16.7. The van der Waals surface area contributed by atoms with Crippen molar-refractivity contribution in [2.45, 2.75) is 44.9 Å². The molecule has 1 N–H and O–H groups in total. The Hall–Kier alpha value is -2.74. The molecule has 9 heteroatoms. The van der Waals surface area contributed by atoms with E-state index >= 15 is 0 Å². The molecule has 0 saturated carbocycles. The smallest absolute Gasteiger partial charge is 0.415 e. The molecule has 2 fully saturated rings. The van der Waals surface area contributed by atoms with Crippen molar-refractivity contribution < 1.29 is 19.4 Å². The van der Waals surface area contributed by atoms with Crippen molar-refractivity contribution in [3.8, 4) is 0 Å². The van der Waals surface area contributed by atoms with Crippen molar-refractivity contribution in [1.82, 2.24) is 9.47 Å². The van der Waals surface area contributed by atoms with E-state index in [2.05, 4.69) is 29.5 Å². The Labute approximate surface area is 213 Å². The van der Waals surface area contributed by atoms with Gasteiger partial charge in [0.25, 0.3) is 0 Å². The second kappa shape index (κ2) is 9.04. The summed E-state index contributed by atoms with van der Waals surface area (Å²) >= 11 is 13.1. The number of ether oxygens (including phenoxy) is 1. The molecule has 3 heterocycles. The average molecular weight is 516 g/mol. The molecular formula is C26H27Cl2N3O4. The predicted octanol–water partition coefficient (Wildman–Crippen LogP) is 6.22. The van der Waals surface area contributed by atoms with Crippen molar-refractivity contribution >= 4 is 51.9 Å². The summed E-state index contributed by atoms with van der Waals surface area (Å²) in [7, 11) is 0. The van der Waals surface area contributed by atoms with Crippen LogP contribution in [0.2, 0.25) is 10.0 Å². The van der Waals surface area contributed by atoms with Gasteiger partial charge in [-0.2, -0.15) is 0 Å². The minimum Gasteiger partial charge on any atom is -0.478 e. The van der Waals surface area contributed by atoms with Gasteiger partial charge in [-0.25, -0.2) is 9.59 Å². The van der Waals surface area contributed by atoms with Crippen LogP contribution in [0.15, 0.2) is 42.6 Å².